The molecule has 0 saturated heterocycles. The van der Waals surface area contributed by atoms with Crippen molar-refractivity contribution in [2.75, 3.05) is 13.7 Å². The Labute approximate surface area is 106 Å². The first-order chi connectivity index (χ1) is 8.73. The second-order valence-corrected chi connectivity index (χ2v) is 4.65. The predicted molar refractivity (Wildman–Crippen MR) is 65.8 cm³/mol. The molecule has 1 aliphatic rings. The number of nitriles is 1. The molecule has 0 radical (unpaired) electrons. The number of benzene rings is 1. The van der Waals surface area contributed by atoms with Gasteiger partial charge in [0.2, 0.25) is 0 Å². The molecule has 0 spiro atoms. The summed E-state index contributed by atoms with van der Waals surface area (Å²) in [6.45, 7) is 0.525. The Bertz CT molecular complexity index is 486. The van der Waals surface area contributed by atoms with Gasteiger partial charge in [0.05, 0.1) is 19.8 Å². The predicted octanol–water partition coefficient (Wildman–Crippen LogP) is 2.58. The van der Waals surface area contributed by atoms with E-state index in [0.29, 0.717) is 30.1 Å². The first-order valence-electron chi connectivity index (χ1n) is 5.86. The van der Waals surface area contributed by atoms with Crippen molar-refractivity contribution in [3.05, 3.63) is 23.8 Å². The number of carbonyl (C=O) groups excluding carboxylic acids is 1. The largest absolute Gasteiger partial charge is 0.493 e. The highest BCUT2D eigenvalue weighted by Gasteiger charge is 2.43. The summed E-state index contributed by atoms with van der Waals surface area (Å²) in [7, 11) is 1.54. The second-order valence-electron chi connectivity index (χ2n) is 4.65. The summed E-state index contributed by atoms with van der Waals surface area (Å²) in [5.41, 5.74) is 0.584. The number of aldehydes is 1. The lowest BCUT2D eigenvalue weighted by Crippen LogP contribution is -2.12. The number of rotatable bonds is 6. The molecule has 0 aliphatic heterocycles. The highest BCUT2D eigenvalue weighted by molar-refractivity contribution is 5.76. The standard InChI is InChI=1S/C14H15NO3/c1-17-13-8-11(9-16)2-3-12(13)18-10-14(4-5-14)6-7-15/h2-3,8-9H,4-6,10H2,1H3. The molecule has 0 amide bonds. The molecule has 18 heavy (non-hydrogen) atoms. The zero-order valence-electron chi connectivity index (χ0n) is 10.3. The molecule has 0 bridgehead atoms. The molecule has 1 aromatic rings. The van der Waals surface area contributed by atoms with E-state index in [4.69, 9.17) is 14.7 Å². The molecular weight excluding hydrogens is 230 g/mol. The summed E-state index contributed by atoms with van der Waals surface area (Å²) in [6.07, 6.45) is 3.37. The summed E-state index contributed by atoms with van der Waals surface area (Å²) in [4.78, 5) is 10.7. The van der Waals surface area contributed by atoms with Gasteiger partial charge in [-0.25, -0.2) is 0 Å². The van der Waals surface area contributed by atoms with Gasteiger partial charge in [-0.1, -0.05) is 0 Å². The van der Waals surface area contributed by atoms with E-state index in [9.17, 15) is 4.79 Å². The van der Waals surface area contributed by atoms with Crippen LogP contribution in [0.15, 0.2) is 18.2 Å². The van der Waals surface area contributed by atoms with Crippen molar-refractivity contribution in [1.82, 2.24) is 0 Å². The first-order valence-corrected chi connectivity index (χ1v) is 5.86. The van der Waals surface area contributed by atoms with Crippen molar-refractivity contribution in [1.29, 1.82) is 5.26 Å². The van der Waals surface area contributed by atoms with Crippen LogP contribution in [0.5, 0.6) is 11.5 Å². The second kappa shape index (κ2) is 5.09. The highest BCUT2D eigenvalue weighted by Crippen LogP contribution is 2.49. The lowest BCUT2D eigenvalue weighted by atomic mass is 10.1. The van der Waals surface area contributed by atoms with Crippen LogP contribution in [0, 0.1) is 16.7 Å². The Kier molecular flexibility index (Phi) is 3.52. The van der Waals surface area contributed by atoms with E-state index in [1.807, 2.05) is 0 Å². The Morgan fingerprint density at radius 1 is 1.44 bits per heavy atom. The third-order valence-electron chi connectivity index (χ3n) is 3.27. The highest BCUT2D eigenvalue weighted by atomic mass is 16.5. The fraction of sp³-hybridized carbons (Fsp3) is 0.429. The third kappa shape index (κ3) is 2.62. The van der Waals surface area contributed by atoms with Crippen molar-refractivity contribution in [3.63, 3.8) is 0 Å². The SMILES string of the molecule is COc1cc(C=O)ccc1OCC1(CC#N)CC1. The van der Waals surface area contributed by atoms with E-state index in [1.165, 1.54) is 0 Å². The zero-order valence-corrected chi connectivity index (χ0v) is 10.3. The number of hydrogen-bond acceptors (Lipinski definition) is 4. The molecule has 94 valence electrons. The van der Waals surface area contributed by atoms with E-state index >= 15 is 0 Å². The maximum Gasteiger partial charge on any atom is 0.161 e. The molecule has 2 rings (SSSR count). The van der Waals surface area contributed by atoms with Gasteiger partial charge in [-0.2, -0.15) is 5.26 Å². The summed E-state index contributed by atoms with van der Waals surface area (Å²) in [6, 6.07) is 7.26. The quantitative estimate of drug-likeness (QED) is 0.723. The van der Waals surface area contributed by atoms with Crippen LogP contribution in [0.25, 0.3) is 0 Å². The van der Waals surface area contributed by atoms with Crippen molar-refractivity contribution < 1.29 is 14.3 Å². The first kappa shape index (κ1) is 12.4. The van der Waals surface area contributed by atoms with Crippen LogP contribution in [0.3, 0.4) is 0 Å². The van der Waals surface area contributed by atoms with Crippen molar-refractivity contribution in [2.45, 2.75) is 19.3 Å². The average molecular weight is 245 g/mol. The maximum absolute atomic E-state index is 10.7. The van der Waals surface area contributed by atoms with Gasteiger partial charge in [0, 0.05) is 17.4 Å². The third-order valence-corrected chi connectivity index (χ3v) is 3.27. The monoisotopic (exact) mass is 245 g/mol. The Morgan fingerprint density at radius 2 is 2.22 bits per heavy atom. The van der Waals surface area contributed by atoms with Crippen LogP contribution >= 0.6 is 0 Å². The van der Waals surface area contributed by atoms with Gasteiger partial charge in [0.15, 0.2) is 11.5 Å². The van der Waals surface area contributed by atoms with Gasteiger partial charge in [-0.3, -0.25) is 4.79 Å². The van der Waals surface area contributed by atoms with Crippen LogP contribution in [0.4, 0.5) is 0 Å². The molecule has 0 aromatic heterocycles. The molecule has 4 nitrogen and oxygen atoms in total. The lowest BCUT2D eigenvalue weighted by molar-refractivity contribution is 0.112. The van der Waals surface area contributed by atoms with Crippen molar-refractivity contribution >= 4 is 6.29 Å². The summed E-state index contributed by atoms with van der Waals surface area (Å²) in [5, 5.41) is 8.74. The van der Waals surface area contributed by atoms with Gasteiger partial charge in [-0.05, 0) is 31.0 Å². The topological polar surface area (TPSA) is 59.3 Å². The fourth-order valence-electron chi connectivity index (χ4n) is 1.82. The van der Waals surface area contributed by atoms with E-state index in [0.717, 1.165) is 19.1 Å². The van der Waals surface area contributed by atoms with Gasteiger partial charge in [0.25, 0.3) is 0 Å². The Hall–Kier alpha value is -2.02. The molecule has 1 saturated carbocycles. The normalized spacial score (nSPS) is 15.6. The fourth-order valence-corrected chi connectivity index (χ4v) is 1.82. The smallest absolute Gasteiger partial charge is 0.161 e. The molecule has 1 aliphatic carbocycles. The maximum atomic E-state index is 10.7. The minimum absolute atomic E-state index is 0.0308. The average Bonchev–Trinajstić information content (AvgIpc) is 3.17. The number of carbonyl (C=O) groups is 1. The molecule has 0 N–H and O–H groups in total. The van der Waals surface area contributed by atoms with Crippen LogP contribution in [-0.4, -0.2) is 20.0 Å². The van der Waals surface area contributed by atoms with E-state index in [-0.39, 0.29) is 5.41 Å². The molecular formula is C14H15NO3. The van der Waals surface area contributed by atoms with Crippen molar-refractivity contribution in [2.24, 2.45) is 5.41 Å². The van der Waals surface area contributed by atoms with Crippen LogP contribution in [0.2, 0.25) is 0 Å². The van der Waals surface area contributed by atoms with Crippen LogP contribution in [0.1, 0.15) is 29.6 Å². The van der Waals surface area contributed by atoms with Gasteiger partial charge in [0.1, 0.15) is 6.29 Å². The number of hydrogen-bond donors (Lipinski definition) is 0. The van der Waals surface area contributed by atoms with Gasteiger partial charge in [-0.15, -0.1) is 0 Å². The van der Waals surface area contributed by atoms with E-state index in [2.05, 4.69) is 6.07 Å². The number of methoxy groups -OCH3 is 1. The minimum atomic E-state index is 0.0308. The zero-order chi connectivity index (χ0) is 13.0. The number of nitrogens with zero attached hydrogens (tertiary/aromatic N) is 1. The molecule has 0 unspecified atom stereocenters. The van der Waals surface area contributed by atoms with E-state index < -0.39 is 0 Å². The van der Waals surface area contributed by atoms with Crippen LogP contribution < -0.4 is 9.47 Å². The van der Waals surface area contributed by atoms with E-state index in [1.54, 1.807) is 25.3 Å². The Morgan fingerprint density at radius 3 is 2.78 bits per heavy atom. The van der Waals surface area contributed by atoms with Gasteiger partial charge >= 0.3 is 0 Å². The molecule has 0 atom stereocenters. The minimum Gasteiger partial charge on any atom is -0.493 e. The summed E-state index contributed by atoms with van der Waals surface area (Å²) in [5.74, 6) is 1.17. The lowest BCUT2D eigenvalue weighted by Gasteiger charge is -2.15. The molecule has 1 aromatic carbocycles. The summed E-state index contributed by atoms with van der Waals surface area (Å²) < 4.78 is 10.9. The van der Waals surface area contributed by atoms with Crippen LogP contribution in [-0.2, 0) is 0 Å². The number of ether oxygens (including phenoxy) is 2. The summed E-state index contributed by atoms with van der Waals surface area (Å²) >= 11 is 0. The molecule has 1 fully saturated rings. The van der Waals surface area contributed by atoms with Gasteiger partial charge < -0.3 is 9.47 Å². The van der Waals surface area contributed by atoms with Crippen molar-refractivity contribution in [3.8, 4) is 17.6 Å². The molecule has 4 heteroatoms. The Balaban J connectivity index is 2.05. The molecule has 0 heterocycles.